The molecule has 4 heterocycles. The Balaban J connectivity index is 1.46. The molecule has 0 amide bonds. The Labute approximate surface area is 194 Å². The van der Waals surface area contributed by atoms with Crippen LogP contribution >= 0.6 is 0 Å². The second-order valence-electron chi connectivity index (χ2n) is 8.00. The van der Waals surface area contributed by atoms with E-state index in [2.05, 4.69) is 20.1 Å². The van der Waals surface area contributed by atoms with Crippen LogP contribution in [0.3, 0.4) is 0 Å². The second kappa shape index (κ2) is 9.30. The number of benzene rings is 1. The van der Waals surface area contributed by atoms with Gasteiger partial charge in [-0.1, -0.05) is 0 Å². The maximum Gasteiger partial charge on any atom is 0.179 e. The van der Waals surface area contributed by atoms with Crippen LogP contribution in [0.4, 0.5) is 8.78 Å². The van der Waals surface area contributed by atoms with Crippen molar-refractivity contribution < 1.29 is 23.0 Å². The molecule has 0 spiro atoms. The van der Waals surface area contributed by atoms with Gasteiger partial charge in [0, 0.05) is 42.1 Å². The van der Waals surface area contributed by atoms with Gasteiger partial charge in [0.2, 0.25) is 0 Å². The Morgan fingerprint density at radius 2 is 1.85 bits per heavy atom. The summed E-state index contributed by atoms with van der Waals surface area (Å²) in [7, 11) is 2.63. The van der Waals surface area contributed by atoms with Crippen molar-refractivity contribution in [3.63, 3.8) is 0 Å². The largest absolute Gasteiger partial charge is 0.494 e. The topological polar surface area (TPSA) is 84.2 Å². The summed E-state index contributed by atoms with van der Waals surface area (Å²) in [6.07, 6.45) is 8.13. The zero-order valence-corrected chi connectivity index (χ0v) is 18.8. The van der Waals surface area contributed by atoms with Crippen molar-refractivity contribution >= 4 is 11.2 Å². The third kappa shape index (κ3) is 4.16. The summed E-state index contributed by atoms with van der Waals surface area (Å²) in [6, 6.07) is 4.57. The molecule has 5 rings (SSSR count). The number of pyridine rings is 1. The van der Waals surface area contributed by atoms with Crippen molar-refractivity contribution in [2.45, 2.75) is 31.9 Å². The van der Waals surface area contributed by atoms with Crippen molar-refractivity contribution in [2.24, 2.45) is 0 Å². The van der Waals surface area contributed by atoms with Gasteiger partial charge in [0.25, 0.3) is 0 Å². The lowest BCUT2D eigenvalue weighted by molar-refractivity contribution is -0.0394. The Morgan fingerprint density at radius 3 is 2.56 bits per heavy atom. The molecule has 1 aliphatic heterocycles. The van der Waals surface area contributed by atoms with E-state index in [1.54, 1.807) is 29.2 Å². The highest BCUT2D eigenvalue weighted by Crippen LogP contribution is 2.32. The van der Waals surface area contributed by atoms with Crippen molar-refractivity contribution in [3.8, 4) is 22.8 Å². The molecule has 176 valence electrons. The minimum absolute atomic E-state index is 0.0784. The second-order valence-corrected chi connectivity index (χ2v) is 8.00. The number of aromatic nitrogens is 5. The Bertz CT molecular complexity index is 1310. The van der Waals surface area contributed by atoms with E-state index < -0.39 is 11.6 Å². The molecule has 0 aliphatic carbocycles. The van der Waals surface area contributed by atoms with Gasteiger partial charge < -0.3 is 14.2 Å². The SMILES string of the molecule is COc1cc(OC)c(F)c(Cc2ccc3ncc(-c4cnn(C5CCCCO5)c4)nc3n2)c1F. The number of methoxy groups -OCH3 is 2. The molecule has 0 N–H and O–H groups in total. The number of halogens is 2. The van der Waals surface area contributed by atoms with E-state index in [4.69, 9.17) is 14.2 Å². The van der Waals surface area contributed by atoms with E-state index in [9.17, 15) is 8.78 Å². The minimum Gasteiger partial charge on any atom is -0.494 e. The van der Waals surface area contributed by atoms with Gasteiger partial charge in [0.15, 0.2) is 28.8 Å². The standard InChI is InChI=1S/C24H23F2N5O3/c1-32-19-10-20(33-2)23(26)16(22(19)25)9-15-6-7-17-24(29-15)30-18(12-27-17)14-11-28-31(13-14)21-5-3-4-8-34-21/h6-7,10-13,21H,3-5,8-9H2,1-2H3. The molecule has 0 radical (unpaired) electrons. The van der Waals surface area contributed by atoms with E-state index in [0.29, 0.717) is 22.6 Å². The van der Waals surface area contributed by atoms with Crippen molar-refractivity contribution in [1.82, 2.24) is 24.7 Å². The van der Waals surface area contributed by atoms with Gasteiger partial charge in [0.05, 0.1) is 32.3 Å². The first-order valence-electron chi connectivity index (χ1n) is 10.9. The molecule has 1 aliphatic rings. The third-order valence-corrected chi connectivity index (χ3v) is 5.83. The van der Waals surface area contributed by atoms with Gasteiger partial charge in [-0.05, 0) is 31.4 Å². The van der Waals surface area contributed by atoms with Crippen LogP contribution in [0.1, 0.15) is 36.7 Å². The van der Waals surface area contributed by atoms with Gasteiger partial charge in [-0.3, -0.25) is 4.98 Å². The zero-order valence-electron chi connectivity index (χ0n) is 18.8. The summed E-state index contributed by atoms with van der Waals surface area (Å²) < 4.78 is 47.2. The average molecular weight is 467 g/mol. The molecular weight excluding hydrogens is 444 g/mol. The molecule has 0 saturated carbocycles. The van der Waals surface area contributed by atoms with E-state index in [-0.39, 0.29) is 29.7 Å². The van der Waals surface area contributed by atoms with E-state index in [1.807, 2.05) is 6.20 Å². The van der Waals surface area contributed by atoms with Gasteiger partial charge in [-0.25, -0.2) is 23.4 Å². The summed E-state index contributed by atoms with van der Waals surface area (Å²) in [5.41, 5.74) is 2.55. The fourth-order valence-electron chi connectivity index (χ4n) is 4.01. The van der Waals surface area contributed by atoms with Crippen LogP contribution in [0, 0.1) is 11.6 Å². The van der Waals surface area contributed by atoms with Crippen LogP contribution in [0.2, 0.25) is 0 Å². The highest BCUT2D eigenvalue weighted by molar-refractivity contribution is 5.73. The molecule has 1 unspecified atom stereocenters. The Kier molecular flexibility index (Phi) is 6.06. The fourth-order valence-corrected chi connectivity index (χ4v) is 4.01. The summed E-state index contributed by atoms with van der Waals surface area (Å²) in [5.74, 6) is -1.79. The van der Waals surface area contributed by atoms with E-state index in [1.165, 1.54) is 20.3 Å². The predicted octanol–water partition coefficient (Wildman–Crippen LogP) is 4.47. The highest BCUT2D eigenvalue weighted by Gasteiger charge is 2.21. The molecule has 1 aromatic carbocycles. The molecule has 3 aromatic heterocycles. The summed E-state index contributed by atoms with van der Waals surface area (Å²) >= 11 is 0. The van der Waals surface area contributed by atoms with Crippen LogP contribution in [-0.4, -0.2) is 45.6 Å². The van der Waals surface area contributed by atoms with Crippen molar-refractivity contribution in [1.29, 1.82) is 0 Å². The van der Waals surface area contributed by atoms with Crippen LogP contribution in [0.25, 0.3) is 22.4 Å². The molecule has 8 nitrogen and oxygen atoms in total. The van der Waals surface area contributed by atoms with Crippen molar-refractivity contribution in [3.05, 3.63) is 59.7 Å². The van der Waals surface area contributed by atoms with Gasteiger partial charge >= 0.3 is 0 Å². The molecule has 1 atom stereocenters. The smallest absolute Gasteiger partial charge is 0.179 e. The number of fused-ring (bicyclic) bond motifs is 1. The average Bonchev–Trinajstić information content (AvgIpc) is 3.37. The first-order chi connectivity index (χ1) is 16.6. The summed E-state index contributed by atoms with van der Waals surface area (Å²) in [6.45, 7) is 0.725. The maximum atomic E-state index is 14.8. The highest BCUT2D eigenvalue weighted by atomic mass is 19.1. The Hall–Kier alpha value is -3.66. The summed E-state index contributed by atoms with van der Waals surface area (Å²) in [4.78, 5) is 13.6. The molecule has 4 aromatic rings. The quantitative estimate of drug-likeness (QED) is 0.414. The lowest BCUT2D eigenvalue weighted by atomic mass is 10.1. The third-order valence-electron chi connectivity index (χ3n) is 5.83. The van der Waals surface area contributed by atoms with Crippen LogP contribution in [0.15, 0.2) is 36.8 Å². The summed E-state index contributed by atoms with van der Waals surface area (Å²) in [5, 5.41) is 4.42. The molecule has 10 heteroatoms. The van der Waals surface area contributed by atoms with E-state index >= 15 is 0 Å². The first-order valence-corrected chi connectivity index (χ1v) is 10.9. The van der Waals surface area contributed by atoms with Crippen LogP contribution in [0.5, 0.6) is 11.5 Å². The number of nitrogens with zero attached hydrogens (tertiary/aromatic N) is 5. The lowest BCUT2D eigenvalue weighted by Gasteiger charge is -2.22. The molecule has 1 saturated heterocycles. The molecule has 34 heavy (non-hydrogen) atoms. The van der Waals surface area contributed by atoms with Crippen molar-refractivity contribution in [2.75, 3.05) is 20.8 Å². The Morgan fingerprint density at radius 1 is 1.06 bits per heavy atom. The molecule has 1 fully saturated rings. The number of rotatable bonds is 6. The zero-order chi connectivity index (χ0) is 23.7. The number of hydrogen-bond donors (Lipinski definition) is 0. The molecular formula is C24H23F2N5O3. The lowest BCUT2D eigenvalue weighted by Crippen LogP contribution is -2.18. The van der Waals surface area contributed by atoms with Crippen LogP contribution < -0.4 is 9.47 Å². The predicted molar refractivity (Wildman–Crippen MR) is 120 cm³/mol. The number of hydrogen-bond acceptors (Lipinski definition) is 7. The first kappa shape index (κ1) is 22.1. The molecule has 0 bridgehead atoms. The van der Waals surface area contributed by atoms with Gasteiger partial charge in [-0.2, -0.15) is 5.10 Å². The maximum absolute atomic E-state index is 14.8. The van der Waals surface area contributed by atoms with Crippen LogP contribution in [-0.2, 0) is 11.2 Å². The van der Waals surface area contributed by atoms with Gasteiger partial charge in [-0.15, -0.1) is 0 Å². The number of ether oxygens (including phenoxy) is 3. The normalized spacial score (nSPS) is 16.1. The fraction of sp³-hybridized carbons (Fsp3) is 0.333. The van der Waals surface area contributed by atoms with Gasteiger partial charge in [0.1, 0.15) is 11.7 Å². The minimum atomic E-state index is -0.792. The monoisotopic (exact) mass is 467 g/mol. The van der Waals surface area contributed by atoms with E-state index in [0.717, 1.165) is 31.4 Å².